The molecule has 0 amide bonds. The SMILES string of the molecule is CS(=N)(=N)C[C@@H](Cc1ccccc1)C(=O)O. The highest BCUT2D eigenvalue weighted by molar-refractivity contribution is 7.92. The molecule has 16 heavy (non-hydrogen) atoms. The second-order valence-corrected chi connectivity index (χ2v) is 6.49. The first-order valence-corrected chi connectivity index (χ1v) is 7.11. The molecule has 0 aromatic heterocycles. The van der Waals surface area contributed by atoms with E-state index in [0.717, 1.165) is 5.56 Å². The van der Waals surface area contributed by atoms with Gasteiger partial charge in [-0.1, -0.05) is 40.0 Å². The number of benzene rings is 1. The van der Waals surface area contributed by atoms with Crippen LogP contribution in [-0.2, 0) is 20.8 Å². The molecule has 1 atom stereocenters. The van der Waals surface area contributed by atoms with Crippen LogP contribution in [0.2, 0.25) is 0 Å². The van der Waals surface area contributed by atoms with E-state index in [2.05, 4.69) is 0 Å². The van der Waals surface area contributed by atoms with Crippen LogP contribution in [0.5, 0.6) is 0 Å². The molecule has 3 N–H and O–H groups in total. The van der Waals surface area contributed by atoms with Crippen molar-refractivity contribution in [2.75, 3.05) is 12.0 Å². The van der Waals surface area contributed by atoms with Crippen molar-refractivity contribution in [2.24, 2.45) is 5.92 Å². The monoisotopic (exact) mass is 240 g/mol. The quantitative estimate of drug-likeness (QED) is 0.737. The lowest BCUT2D eigenvalue weighted by atomic mass is 10.0. The van der Waals surface area contributed by atoms with Gasteiger partial charge in [0.15, 0.2) is 0 Å². The van der Waals surface area contributed by atoms with Gasteiger partial charge in [-0.2, -0.15) is 0 Å². The van der Waals surface area contributed by atoms with Crippen molar-refractivity contribution in [3.63, 3.8) is 0 Å². The zero-order chi connectivity index (χ0) is 12.2. The lowest BCUT2D eigenvalue weighted by Crippen LogP contribution is -2.24. The topological polar surface area (TPSA) is 85.0 Å². The maximum Gasteiger partial charge on any atom is 0.307 e. The van der Waals surface area contributed by atoms with Crippen molar-refractivity contribution in [3.8, 4) is 0 Å². The first-order chi connectivity index (χ1) is 7.38. The number of hydrogen-bond donors (Lipinski definition) is 3. The second kappa shape index (κ2) is 5.12. The summed E-state index contributed by atoms with van der Waals surface area (Å²) in [6, 6.07) is 9.35. The molecule has 5 heteroatoms. The van der Waals surface area contributed by atoms with E-state index >= 15 is 0 Å². The highest BCUT2D eigenvalue weighted by atomic mass is 32.2. The van der Waals surface area contributed by atoms with E-state index < -0.39 is 21.5 Å². The molecule has 88 valence electrons. The zero-order valence-corrected chi connectivity index (χ0v) is 9.96. The van der Waals surface area contributed by atoms with Gasteiger partial charge >= 0.3 is 5.97 Å². The van der Waals surface area contributed by atoms with Gasteiger partial charge in [0.1, 0.15) is 0 Å². The van der Waals surface area contributed by atoms with Gasteiger partial charge in [0.25, 0.3) is 0 Å². The standard InChI is InChI=1S/C11H16N2O2S/c1-16(12,13)8-10(11(14)15)7-9-5-3-2-4-6-9/h2-6,10,12-13H,7-8H2,1H3,(H,14,15)/t10-/m1/s1. The molecule has 1 rings (SSSR count). The minimum absolute atomic E-state index is 0.122. The molecule has 0 aliphatic rings. The van der Waals surface area contributed by atoms with Gasteiger partial charge in [-0.05, 0) is 12.0 Å². The summed E-state index contributed by atoms with van der Waals surface area (Å²) in [6.45, 7) is 0. The Morgan fingerprint density at radius 2 is 1.94 bits per heavy atom. The summed E-state index contributed by atoms with van der Waals surface area (Å²) in [5.74, 6) is -1.42. The number of hydrogen-bond acceptors (Lipinski definition) is 3. The lowest BCUT2D eigenvalue weighted by molar-refractivity contribution is -0.140. The fraction of sp³-hybridized carbons (Fsp3) is 0.364. The molecule has 0 saturated heterocycles. The maximum atomic E-state index is 11.0. The number of rotatable bonds is 5. The van der Waals surface area contributed by atoms with Gasteiger partial charge in [0.2, 0.25) is 0 Å². The Morgan fingerprint density at radius 3 is 2.38 bits per heavy atom. The van der Waals surface area contributed by atoms with Crippen molar-refractivity contribution in [1.29, 1.82) is 9.56 Å². The van der Waals surface area contributed by atoms with Crippen LogP contribution < -0.4 is 0 Å². The number of carboxylic acids is 1. The third-order valence-electron chi connectivity index (χ3n) is 2.21. The summed E-state index contributed by atoms with van der Waals surface area (Å²) in [5, 5.41) is 9.04. The normalized spacial score (nSPS) is 13.3. The molecule has 0 unspecified atom stereocenters. The highest BCUT2D eigenvalue weighted by Crippen LogP contribution is 2.11. The van der Waals surface area contributed by atoms with Crippen LogP contribution in [0.4, 0.5) is 0 Å². The van der Waals surface area contributed by atoms with Crippen LogP contribution in [0.3, 0.4) is 0 Å². The van der Waals surface area contributed by atoms with E-state index in [0.29, 0.717) is 6.42 Å². The molecule has 4 nitrogen and oxygen atoms in total. The van der Waals surface area contributed by atoms with Gasteiger partial charge in [-0.3, -0.25) is 14.4 Å². The van der Waals surface area contributed by atoms with Gasteiger partial charge in [0, 0.05) is 12.0 Å². The predicted octanol–water partition coefficient (Wildman–Crippen LogP) is 2.24. The molecule has 1 aromatic carbocycles. The first-order valence-electron chi connectivity index (χ1n) is 4.90. The van der Waals surface area contributed by atoms with Crippen molar-refractivity contribution in [1.82, 2.24) is 0 Å². The molecule has 0 radical (unpaired) electrons. The Kier molecular flexibility index (Phi) is 4.06. The first kappa shape index (κ1) is 12.7. The van der Waals surface area contributed by atoms with Crippen LogP contribution in [0.25, 0.3) is 0 Å². The van der Waals surface area contributed by atoms with Crippen molar-refractivity contribution < 1.29 is 9.90 Å². The maximum absolute atomic E-state index is 11.0. The van der Waals surface area contributed by atoms with Crippen molar-refractivity contribution >= 4 is 15.6 Å². The van der Waals surface area contributed by atoms with E-state index in [9.17, 15) is 4.79 Å². The highest BCUT2D eigenvalue weighted by Gasteiger charge is 2.19. The second-order valence-electron chi connectivity index (χ2n) is 3.98. The molecular formula is C11H16N2O2S. The lowest BCUT2D eigenvalue weighted by Gasteiger charge is -2.13. The molecule has 1 aromatic rings. The van der Waals surface area contributed by atoms with E-state index in [-0.39, 0.29) is 5.75 Å². The summed E-state index contributed by atoms with van der Waals surface area (Å²) in [6.07, 6.45) is 1.89. The molecule has 0 aliphatic carbocycles. The summed E-state index contributed by atoms with van der Waals surface area (Å²) in [7, 11) is -2.27. The minimum Gasteiger partial charge on any atom is -0.481 e. The summed E-state index contributed by atoms with van der Waals surface area (Å²) in [5.41, 5.74) is 0.943. The van der Waals surface area contributed by atoms with Crippen molar-refractivity contribution in [3.05, 3.63) is 35.9 Å². The molecule has 0 saturated carbocycles. The van der Waals surface area contributed by atoms with Crippen LogP contribution in [-0.4, -0.2) is 23.1 Å². The summed E-state index contributed by atoms with van der Waals surface area (Å²) >= 11 is 0. The van der Waals surface area contributed by atoms with E-state index in [1.165, 1.54) is 6.26 Å². The number of nitrogens with one attached hydrogen (secondary N) is 2. The van der Waals surface area contributed by atoms with E-state index in [1.54, 1.807) is 0 Å². The largest absolute Gasteiger partial charge is 0.481 e. The molecule has 0 aliphatic heterocycles. The molecule has 0 spiro atoms. The van der Waals surface area contributed by atoms with Gasteiger partial charge in [0.05, 0.1) is 5.92 Å². The Hall–Kier alpha value is -1.36. The Labute approximate surface area is 95.7 Å². The third-order valence-corrected chi connectivity index (χ3v) is 3.28. The Bertz CT molecular complexity index is 454. The molecule has 0 fully saturated rings. The minimum atomic E-state index is -2.27. The van der Waals surface area contributed by atoms with Gasteiger partial charge in [-0.15, -0.1) is 0 Å². The average Bonchev–Trinajstić information content (AvgIpc) is 2.16. The van der Waals surface area contributed by atoms with Crippen LogP contribution in [0.1, 0.15) is 5.56 Å². The van der Waals surface area contributed by atoms with Crippen LogP contribution in [0.15, 0.2) is 30.3 Å². The predicted molar refractivity (Wildman–Crippen MR) is 64.9 cm³/mol. The number of carboxylic acid groups (broad SMARTS) is 1. The zero-order valence-electron chi connectivity index (χ0n) is 9.14. The van der Waals surface area contributed by atoms with Gasteiger partial charge < -0.3 is 5.11 Å². The van der Waals surface area contributed by atoms with Crippen LogP contribution in [0, 0.1) is 15.5 Å². The van der Waals surface area contributed by atoms with Crippen molar-refractivity contribution in [2.45, 2.75) is 6.42 Å². The number of aliphatic carboxylic acids is 1. The fourth-order valence-corrected chi connectivity index (χ4v) is 2.58. The smallest absolute Gasteiger partial charge is 0.307 e. The Morgan fingerprint density at radius 1 is 1.38 bits per heavy atom. The van der Waals surface area contributed by atoms with E-state index in [4.69, 9.17) is 14.7 Å². The average molecular weight is 240 g/mol. The molecule has 0 bridgehead atoms. The molecule has 0 heterocycles. The molecular weight excluding hydrogens is 224 g/mol. The number of carbonyl (C=O) groups is 1. The Balaban J connectivity index is 2.77. The third kappa shape index (κ3) is 4.44. The summed E-state index contributed by atoms with van der Waals surface area (Å²) in [4.78, 5) is 11.0. The van der Waals surface area contributed by atoms with Crippen LogP contribution >= 0.6 is 0 Å². The summed E-state index contributed by atoms with van der Waals surface area (Å²) < 4.78 is 15.0. The van der Waals surface area contributed by atoms with Gasteiger partial charge in [-0.25, -0.2) is 0 Å². The van der Waals surface area contributed by atoms with E-state index in [1.807, 2.05) is 30.3 Å². The fourth-order valence-electron chi connectivity index (χ4n) is 1.52.